The van der Waals surface area contributed by atoms with E-state index in [0.29, 0.717) is 17.1 Å². The Balaban J connectivity index is 1.86. The lowest BCUT2D eigenvalue weighted by atomic mass is 10.1. The Morgan fingerprint density at radius 2 is 1.85 bits per heavy atom. The highest BCUT2D eigenvalue weighted by Gasteiger charge is 2.05. The van der Waals surface area contributed by atoms with Crippen LogP contribution in [-0.2, 0) is 0 Å². The molecule has 1 unspecified atom stereocenters. The predicted molar refractivity (Wildman–Crippen MR) is 79.5 cm³/mol. The van der Waals surface area contributed by atoms with Gasteiger partial charge in [-0.2, -0.15) is 0 Å². The first-order valence-corrected chi connectivity index (χ1v) is 7.00. The van der Waals surface area contributed by atoms with E-state index in [9.17, 15) is 4.79 Å². The van der Waals surface area contributed by atoms with Gasteiger partial charge in [0, 0.05) is 12.1 Å². The zero-order chi connectivity index (χ0) is 14.1. The summed E-state index contributed by atoms with van der Waals surface area (Å²) in [6.07, 6.45) is 0. The van der Waals surface area contributed by atoms with Gasteiger partial charge in [0.15, 0.2) is 5.58 Å². The summed E-state index contributed by atoms with van der Waals surface area (Å²) in [6, 6.07) is 12.9. The monoisotopic (exact) mass is 287 g/mol. The molecule has 0 saturated carbocycles. The Kier molecular flexibility index (Phi) is 3.30. The van der Waals surface area contributed by atoms with Gasteiger partial charge < -0.3 is 14.9 Å². The van der Waals surface area contributed by atoms with E-state index < -0.39 is 0 Å². The summed E-state index contributed by atoms with van der Waals surface area (Å²) >= 11 is 1.08. The summed E-state index contributed by atoms with van der Waals surface area (Å²) in [5.74, 6) is 1.35. The van der Waals surface area contributed by atoms with E-state index >= 15 is 0 Å². The van der Waals surface area contributed by atoms with Crippen LogP contribution in [0.4, 0.5) is 0 Å². The Labute approximate surface area is 119 Å². The van der Waals surface area contributed by atoms with Crippen molar-refractivity contribution in [2.45, 2.75) is 13.0 Å². The van der Waals surface area contributed by atoms with Crippen LogP contribution < -0.4 is 15.4 Å². The molecule has 5 heteroatoms. The average Bonchev–Trinajstić information content (AvgIpc) is 2.78. The minimum Gasteiger partial charge on any atom is -0.457 e. The van der Waals surface area contributed by atoms with Crippen LogP contribution in [0.3, 0.4) is 0 Å². The third-order valence-corrected chi connectivity index (χ3v) is 3.75. The molecule has 0 spiro atoms. The molecule has 0 aliphatic rings. The minimum atomic E-state index is -0.307. The van der Waals surface area contributed by atoms with Crippen molar-refractivity contribution in [2.24, 2.45) is 5.73 Å². The number of hydrogen-bond acceptors (Lipinski definition) is 5. The maximum atomic E-state index is 11.2. The van der Waals surface area contributed by atoms with Gasteiger partial charge in [-0.25, -0.2) is 4.79 Å². The van der Waals surface area contributed by atoms with Crippen LogP contribution in [0.15, 0.2) is 51.7 Å². The summed E-state index contributed by atoms with van der Waals surface area (Å²) in [7, 11) is 0. The summed E-state index contributed by atoms with van der Waals surface area (Å²) in [4.78, 5) is 10.9. The van der Waals surface area contributed by atoms with Crippen molar-refractivity contribution >= 4 is 21.6 Å². The van der Waals surface area contributed by atoms with E-state index in [4.69, 9.17) is 14.9 Å². The highest BCUT2D eigenvalue weighted by molar-refractivity contribution is 7.16. The van der Waals surface area contributed by atoms with E-state index in [1.807, 2.05) is 43.3 Å². The standard InChI is InChI=1S/C15H13NO3S/c1-9(16)10-2-4-11(5-3-10)18-12-6-7-14-13(8-12)19-15(17)20-14/h2-9H,16H2,1H3. The molecule has 3 rings (SSSR count). The second-order valence-corrected chi connectivity index (χ2v) is 5.50. The molecule has 2 N–H and O–H groups in total. The molecule has 0 amide bonds. The molecule has 0 bridgehead atoms. The molecular formula is C15H13NO3S. The molecule has 102 valence electrons. The fourth-order valence-corrected chi connectivity index (χ4v) is 2.54. The van der Waals surface area contributed by atoms with Crippen LogP contribution in [0.2, 0.25) is 0 Å². The fraction of sp³-hybridized carbons (Fsp3) is 0.133. The Morgan fingerprint density at radius 1 is 1.15 bits per heavy atom. The van der Waals surface area contributed by atoms with Crippen molar-refractivity contribution < 1.29 is 9.15 Å². The van der Waals surface area contributed by atoms with Gasteiger partial charge in [0.05, 0.1) is 4.70 Å². The second kappa shape index (κ2) is 5.11. The molecule has 1 aromatic heterocycles. The van der Waals surface area contributed by atoms with Crippen LogP contribution in [-0.4, -0.2) is 0 Å². The van der Waals surface area contributed by atoms with Crippen LogP contribution in [0.25, 0.3) is 10.3 Å². The average molecular weight is 287 g/mol. The maximum Gasteiger partial charge on any atom is 0.396 e. The van der Waals surface area contributed by atoms with Crippen molar-refractivity contribution in [3.8, 4) is 11.5 Å². The Bertz CT molecular complexity index is 787. The van der Waals surface area contributed by atoms with Gasteiger partial charge in [0.25, 0.3) is 0 Å². The second-order valence-electron chi connectivity index (χ2n) is 4.52. The van der Waals surface area contributed by atoms with Crippen molar-refractivity contribution in [1.29, 1.82) is 0 Å². The summed E-state index contributed by atoms with van der Waals surface area (Å²) < 4.78 is 11.6. The molecule has 4 nitrogen and oxygen atoms in total. The van der Waals surface area contributed by atoms with Gasteiger partial charge in [-0.15, -0.1) is 0 Å². The fourth-order valence-electron chi connectivity index (χ4n) is 1.89. The van der Waals surface area contributed by atoms with Crippen LogP contribution in [0, 0.1) is 0 Å². The molecule has 0 aliphatic carbocycles. The zero-order valence-electron chi connectivity index (χ0n) is 10.8. The minimum absolute atomic E-state index is 0.000446. The van der Waals surface area contributed by atoms with Crippen molar-refractivity contribution in [3.05, 3.63) is 57.8 Å². The molecule has 1 atom stereocenters. The molecule has 0 saturated heterocycles. The first-order chi connectivity index (χ1) is 9.61. The van der Waals surface area contributed by atoms with Gasteiger partial charge in [-0.3, -0.25) is 0 Å². The van der Waals surface area contributed by atoms with E-state index in [1.54, 1.807) is 6.07 Å². The largest absolute Gasteiger partial charge is 0.457 e. The third-order valence-electron chi connectivity index (χ3n) is 2.94. The first kappa shape index (κ1) is 12.9. The van der Waals surface area contributed by atoms with Crippen LogP contribution >= 0.6 is 11.3 Å². The van der Waals surface area contributed by atoms with Gasteiger partial charge in [-0.05, 0) is 36.8 Å². The number of ether oxygens (including phenoxy) is 1. The third kappa shape index (κ3) is 2.59. The number of rotatable bonds is 3. The molecule has 0 aliphatic heterocycles. The molecular weight excluding hydrogens is 274 g/mol. The van der Waals surface area contributed by atoms with Gasteiger partial charge >= 0.3 is 4.94 Å². The normalized spacial score (nSPS) is 12.5. The zero-order valence-corrected chi connectivity index (χ0v) is 11.6. The van der Waals surface area contributed by atoms with Crippen LogP contribution in [0.5, 0.6) is 11.5 Å². The van der Waals surface area contributed by atoms with Crippen molar-refractivity contribution in [3.63, 3.8) is 0 Å². The Morgan fingerprint density at radius 3 is 2.55 bits per heavy atom. The summed E-state index contributed by atoms with van der Waals surface area (Å²) in [6.45, 7) is 1.93. The Hall–Kier alpha value is -2.11. The molecule has 2 aromatic carbocycles. The molecule has 20 heavy (non-hydrogen) atoms. The SMILES string of the molecule is CC(N)c1ccc(Oc2ccc3sc(=O)oc3c2)cc1. The first-order valence-electron chi connectivity index (χ1n) is 6.19. The maximum absolute atomic E-state index is 11.2. The molecule has 0 radical (unpaired) electrons. The molecule has 3 aromatic rings. The lowest BCUT2D eigenvalue weighted by Crippen LogP contribution is -2.04. The van der Waals surface area contributed by atoms with E-state index in [2.05, 4.69) is 0 Å². The van der Waals surface area contributed by atoms with Gasteiger partial charge in [-0.1, -0.05) is 23.5 Å². The van der Waals surface area contributed by atoms with Crippen molar-refractivity contribution in [1.82, 2.24) is 0 Å². The van der Waals surface area contributed by atoms with Gasteiger partial charge in [0.1, 0.15) is 11.5 Å². The summed E-state index contributed by atoms with van der Waals surface area (Å²) in [5.41, 5.74) is 7.40. The van der Waals surface area contributed by atoms with E-state index in [1.165, 1.54) is 0 Å². The van der Waals surface area contributed by atoms with Crippen LogP contribution in [0.1, 0.15) is 18.5 Å². The van der Waals surface area contributed by atoms with Crippen molar-refractivity contribution in [2.75, 3.05) is 0 Å². The highest BCUT2D eigenvalue weighted by atomic mass is 32.1. The number of hydrogen-bond donors (Lipinski definition) is 1. The number of benzene rings is 2. The number of fused-ring (bicyclic) bond motifs is 1. The molecule has 1 heterocycles. The predicted octanol–water partition coefficient (Wildman–Crippen LogP) is 3.67. The van der Waals surface area contributed by atoms with E-state index in [-0.39, 0.29) is 11.0 Å². The van der Waals surface area contributed by atoms with E-state index in [0.717, 1.165) is 21.6 Å². The highest BCUT2D eigenvalue weighted by Crippen LogP contribution is 2.27. The number of nitrogens with two attached hydrogens (primary N) is 1. The topological polar surface area (TPSA) is 65.5 Å². The quantitative estimate of drug-likeness (QED) is 0.798. The molecule has 0 fully saturated rings. The smallest absolute Gasteiger partial charge is 0.396 e. The lowest BCUT2D eigenvalue weighted by molar-refractivity contribution is 0.481. The summed E-state index contributed by atoms with van der Waals surface area (Å²) in [5, 5.41) is 0. The van der Waals surface area contributed by atoms with Gasteiger partial charge in [0.2, 0.25) is 0 Å². The lowest BCUT2D eigenvalue weighted by Gasteiger charge is -2.08.